The van der Waals surface area contributed by atoms with Crippen LogP contribution in [0.1, 0.15) is 23.1 Å². The van der Waals surface area contributed by atoms with Crippen LogP contribution >= 0.6 is 0 Å². The van der Waals surface area contributed by atoms with E-state index < -0.39 is 45.2 Å². The summed E-state index contributed by atoms with van der Waals surface area (Å²) in [5.41, 5.74) is -1.66. The Morgan fingerprint density at radius 1 is 1.40 bits per heavy atom. The topological polar surface area (TPSA) is 158 Å². The number of hydrogen-bond acceptors (Lipinski definition) is 9. The molecule has 3 N–H and O–H groups in total. The standard InChI is InChI=1S/C18H18FN5O5S/c1-18(26,15-17(29-15)24-10-7-22-14(6-20)23-8-10)9-30(27,28)11-3-4-12(13(19)5-11)16(25)21-2/h3-5,7-8,15,17,24,26H,9H2,1-2H3,(H,21,25)/t15?,17?,18-/m0/s1. The van der Waals surface area contributed by atoms with E-state index in [-0.39, 0.29) is 16.3 Å². The summed E-state index contributed by atoms with van der Waals surface area (Å²) < 4.78 is 44.8. The molecule has 0 radical (unpaired) electrons. The number of anilines is 1. The molecule has 12 heteroatoms. The maximum absolute atomic E-state index is 14.1. The van der Waals surface area contributed by atoms with Crippen molar-refractivity contribution in [1.29, 1.82) is 5.26 Å². The molecular weight excluding hydrogens is 417 g/mol. The summed E-state index contributed by atoms with van der Waals surface area (Å²) in [7, 11) is -2.76. The molecule has 2 heterocycles. The third kappa shape index (κ3) is 4.54. The fourth-order valence-electron chi connectivity index (χ4n) is 2.88. The molecule has 3 atom stereocenters. The smallest absolute Gasteiger partial charge is 0.253 e. The molecule has 1 aromatic heterocycles. The van der Waals surface area contributed by atoms with Crippen molar-refractivity contribution in [2.75, 3.05) is 18.1 Å². The van der Waals surface area contributed by atoms with Gasteiger partial charge in [0.15, 0.2) is 16.1 Å². The first-order chi connectivity index (χ1) is 14.1. The lowest BCUT2D eigenvalue weighted by Gasteiger charge is -2.21. The predicted molar refractivity (Wildman–Crippen MR) is 101 cm³/mol. The Morgan fingerprint density at radius 2 is 2.07 bits per heavy atom. The number of halogens is 1. The number of rotatable bonds is 7. The number of carbonyl (C=O) groups is 1. The number of nitrogens with one attached hydrogen (secondary N) is 2. The van der Waals surface area contributed by atoms with Gasteiger partial charge < -0.3 is 20.5 Å². The number of aromatic nitrogens is 2. The molecule has 3 rings (SSSR count). The highest BCUT2D eigenvalue weighted by Gasteiger charge is 2.53. The second-order valence-corrected chi connectivity index (χ2v) is 8.86. The van der Waals surface area contributed by atoms with E-state index in [0.717, 1.165) is 18.2 Å². The van der Waals surface area contributed by atoms with Gasteiger partial charge in [-0.05, 0) is 25.1 Å². The minimum Gasteiger partial charge on any atom is -0.386 e. The number of amides is 1. The van der Waals surface area contributed by atoms with Crippen LogP contribution in [-0.2, 0) is 14.6 Å². The zero-order valence-corrected chi connectivity index (χ0v) is 16.8. The number of ether oxygens (including phenoxy) is 1. The number of hydrogen-bond donors (Lipinski definition) is 3. The van der Waals surface area contributed by atoms with Gasteiger partial charge in [-0.1, -0.05) is 0 Å². The average Bonchev–Trinajstić information content (AvgIpc) is 3.47. The van der Waals surface area contributed by atoms with Crippen LogP contribution in [0.4, 0.5) is 10.1 Å². The highest BCUT2D eigenvalue weighted by molar-refractivity contribution is 7.91. The minimum absolute atomic E-state index is 0.0124. The molecule has 158 valence electrons. The van der Waals surface area contributed by atoms with E-state index in [9.17, 15) is 22.7 Å². The second kappa shape index (κ2) is 7.94. The highest BCUT2D eigenvalue weighted by atomic mass is 32.2. The lowest BCUT2D eigenvalue weighted by molar-refractivity contribution is 0.0513. The predicted octanol–water partition coefficient (Wildman–Crippen LogP) is 0.209. The molecule has 0 spiro atoms. The first-order valence-electron chi connectivity index (χ1n) is 8.68. The zero-order chi connectivity index (χ0) is 22.1. The van der Waals surface area contributed by atoms with Crippen molar-refractivity contribution in [3.05, 3.63) is 47.8 Å². The Morgan fingerprint density at radius 3 is 2.63 bits per heavy atom. The minimum atomic E-state index is -4.09. The van der Waals surface area contributed by atoms with Gasteiger partial charge in [0.2, 0.25) is 5.82 Å². The third-order valence-electron chi connectivity index (χ3n) is 4.42. The molecular formula is C18H18FN5O5S. The van der Waals surface area contributed by atoms with Gasteiger partial charge in [0, 0.05) is 7.05 Å². The molecule has 1 saturated heterocycles. The van der Waals surface area contributed by atoms with E-state index in [1.807, 2.05) is 0 Å². The van der Waals surface area contributed by atoms with Gasteiger partial charge >= 0.3 is 0 Å². The normalized spacial score (nSPS) is 20.0. The number of epoxide rings is 1. The van der Waals surface area contributed by atoms with Crippen molar-refractivity contribution >= 4 is 21.4 Å². The Bertz CT molecular complexity index is 1110. The van der Waals surface area contributed by atoms with Crippen LogP contribution in [0.15, 0.2) is 35.5 Å². The Balaban J connectivity index is 1.69. The van der Waals surface area contributed by atoms with E-state index in [4.69, 9.17) is 10.00 Å². The summed E-state index contributed by atoms with van der Waals surface area (Å²) >= 11 is 0. The molecule has 1 amide bonds. The van der Waals surface area contributed by atoms with Crippen LogP contribution in [0.2, 0.25) is 0 Å². The summed E-state index contributed by atoms with van der Waals surface area (Å²) in [4.78, 5) is 18.8. The lowest BCUT2D eigenvalue weighted by Crippen LogP contribution is -2.41. The van der Waals surface area contributed by atoms with Gasteiger partial charge in [-0.3, -0.25) is 4.79 Å². The second-order valence-electron chi connectivity index (χ2n) is 6.87. The van der Waals surface area contributed by atoms with Crippen LogP contribution < -0.4 is 10.6 Å². The van der Waals surface area contributed by atoms with Crippen LogP contribution in [-0.4, -0.2) is 60.1 Å². The fraction of sp³-hybridized carbons (Fsp3) is 0.333. The van der Waals surface area contributed by atoms with Crippen LogP contribution in [0.25, 0.3) is 0 Å². The number of carbonyl (C=O) groups excluding carboxylic acids is 1. The van der Waals surface area contributed by atoms with E-state index >= 15 is 0 Å². The van der Waals surface area contributed by atoms with Crippen LogP contribution in [0.5, 0.6) is 0 Å². The van der Waals surface area contributed by atoms with Crippen molar-refractivity contribution in [2.24, 2.45) is 0 Å². The Kier molecular flexibility index (Phi) is 5.71. The number of nitrogens with zero attached hydrogens (tertiary/aromatic N) is 3. The molecule has 0 saturated carbocycles. The maximum atomic E-state index is 14.1. The summed E-state index contributed by atoms with van der Waals surface area (Å²) in [5.74, 6) is -2.42. The van der Waals surface area contributed by atoms with Gasteiger partial charge in [0.1, 0.15) is 23.6 Å². The highest BCUT2D eigenvalue weighted by Crippen LogP contribution is 2.35. The SMILES string of the molecule is CNC(=O)c1ccc(S(=O)(=O)C[C@](C)(O)C2OC2Nc2cnc(C#N)nc2)cc1F. The molecule has 1 aromatic carbocycles. The van der Waals surface area contributed by atoms with E-state index in [0.29, 0.717) is 5.69 Å². The third-order valence-corrected chi connectivity index (χ3v) is 6.36. The molecule has 10 nitrogen and oxygen atoms in total. The maximum Gasteiger partial charge on any atom is 0.253 e. The molecule has 1 fully saturated rings. The lowest BCUT2D eigenvalue weighted by atomic mass is 10.1. The summed E-state index contributed by atoms with van der Waals surface area (Å²) in [6.07, 6.45) is 1.15. The molecule has 30 heavy (non-hydrogen) atoms. The number of aliphatic hydroxyl groups is 1. The number of nitriles is 1. The van der Waals surface area contributed by atoms with Crippen molar-refractivity contribution in [2.45, 2.75) is 29.8 Å². The van der Waals surface area contributed by atoms with Gasteiger partial charge in [-0.25, -0.2) is 22.8 Å². The van der Waals surface area contributed by atoms with Crippen molar-refractivity contribution < 1.29 is 27.4 Å². The summed E-state index contributed by atoms with van der Waals surface area (Å²) in [5, 5.41) is 24.5. The van der Waals surface area contributed by atoms with Gasteiger partial charge in [-0.15, -0.1) is 0 Å². The van der Waals surface area contributed by atoms with Crippen molar-refractivity contribution in [3.8, 4) is 6.07 Å². The van der Waals surface area contributed by atoms with E-state index in [1.165, 1.54) is 26.4 Å². The van der Waals surface area contributed by atoms with Gasteiger partial charge in [0.25, 0.3) is 5.91 Å². The number of benzene rings is 1. The molecule has 2 unspecified atom stereocenters. The first-order valence-corrected chi connectivity index (χ1v) is 10.3. The van der Waals surface area contributed by atoms with Crippen LogP contribution in [0, 0.1) is 17.1 Å². The van der Waals surface area contributed by atoms with E-state index in [2.05, 4.69) is 20.6 Å². The molecule has 2 aromatic rings. The van der Waals surface area contributed by atoms with E-state index in [1.54, 1.807) is 6.07 Å². The van der Waals surface area contributed by atoms with Crippen LogP contribution in [0.3, 0.4) is 0 Å². The quantitative estimate of drug-likeness (QED) is 0.517. The van der Waals surface area contributed by atoms with Gasteiger partial charge in [0.05, 0.1) is 34.3 Å². The molecule has 0 bridgehead atoms. The molecule has 1 aliphatic heterocycles. The first kappa shape index (κ1) is 21.6. The Hall–Kier alpha value is -3.14. The largest absolute Gasteiger partial charge is 0.386 e. The molecule has 0 aliphatic carbocycles. The Labute approximate surface area is 171 Å². The average molecular weight is 435 g/mol. The fourth-order valence-corrected chi connectivity index (χ4v) is 4.54. The zero-order valence-electron chi connectivity index (χ0n) is 16.0. The van der Waals surface area contributed by atoms with Crippen molar-refractivity contribution in [3.63, 3.8) is 0 Å². The van der Waals surface area contributed by atoms with Gasteiger partial charge in [-0.2, -0.15) is 5.26 Å². The number of sulfone groups is 1. The van der Waals surface area contributed by atoms with Crippen molar-refractivity contribution in [1.82, 2.24) is 15.3 Å². The monoisotopic (exact) mass is 435 g/mol. The summed E-state index contributed by atoms with van der Waals surface area (Å²) in [6, 6.07) is 4.70. The summed E-state index contributed by atoms with van der Waals surface area (Å²) in [6.45, 7) is 1.29. The molecule has 1 aliphatic rings.